The molecular weight excluding hydrogens is 292 g/mol. The van der Waals surface area contributed by atoms with E-state index >= 15 is 0 Å². The van der Waals surface area contributed by atoms with Crippen LogP contribution >= 0.6 is 0 Å². The summed E-state index contributed by atoms with van der Waals surface area (Å²) in [5.41, 5.74) is 3.27. The first-order valence-corrected chi connectivity index (χ1v) is 6.80. The first-order valence-electron chi connectivity index (χ1n) is 6.80. The number of benzene rings is 1. The number of fused-ring (bicyclic) bond motifs is 1. The minimum atomic E-state index is -1.13. The average molecular weight is 304 g/mol. The number of aromatic nitrogens is 2. The average Bonchev–Trinajstić information content (AvgIpc) is 2.96. The highest BCUT2D eigenvalue weighted by Gasteiger charge is 2.10. The number of pyridine rings is 1. The number of hydrogen-bond donors (Lipinski definition) is 3. The molecule has 0 radical (unpaired) electrons. The molecule has 3 rings (SSSR count). The second kappa shape index (κ2) is 6.03. The maximum atomic E-state index is 10.8. The van der Waals surface area contributed by atoms with Gasteiger partial charge in [0.1, 0.15) is 0 Å². The molecule has 0 aliphatic carbocycles. The van der Waals surface area contributed by atoms with E-state index in [1.54, 1.807) is 48.9 Å². The van der Waals surface area contributed by atoms with Crippen molar-refractivity contribution in [3.8, 4) is 6.07 Å². The number of H-pyrrole nitrogens is 1. The monoisotopic (exact) mass is 304 g/mol. The number of nitrogens with zero attached hydrogens (tertiary/aromatic N) is 2. The van der Waals surface area contributed by atoms with Crippen LogP contribution in [0, 0.1) is 11.3 Å². The molecule has 6 heteroatoms. The van der Waals surface area contributed by atoms with Crippen LogP contribution in [0.3, 0.4) is 0 Å². The minimum absolute atomic E-state index is 0.449. The van der Waals surface area contributed by atoms with Crippen molar-refractivity contribution in [2.75, 3.05) is 5.32 Å². The van der Waals surface area contributed by atoms with E-state index in [2.05, 4.69) is 21.4 Å². The summed E-state index contributed by atoms with van der Waals surface area (Å²) in [6.07, 6.45) is 5.68. The number of nitrogens with one attached hydrogen (secondary N) is 2. The number of allylic oxidation sites excluding steroid dienone is 1. The highest BCUT2D eigenvalue weighted by molar-refractivity contribution is 6.02. The third-order valence-corrected chi connectivity index (χ3v) is 3.34. The highest BCUT2D eigenvalue weighted by atomic mass is 16.4. The summed E-state index contributed by atoms with van der Waals surface area (Å²) in [4.78, 5) is 17.9. The number of anilines is 1. The standard InChI is InChI=1S/C17H12N4O2/c18-8-12(6-11-2-1-5-19-9-11)15-10-20-16-4-3-13(7-14(15)16)21-17(22)23/h1-7,9-10,20-21H,(H,22,23)/b12-6+. The van der Waals surface area contributed by atoms with Crippen molar-refractivity contribution in [2.24, 2.45) is 0 Å². The Bertz CT molecular complexity index is 936. The number of rotatable bonds is 3. The van der Waals surface area contributed by atoms with Crippen molar-refractivity contribution in [3.63, 3.8) is 0 Å². The fourth-order valence-corrected chi connectivity index (χ4v) is 2.34. The molecule has 0 fully saturated rings. The summed E-state index contributed by atoms with van der Waals surface area (Å²) < 4.78 is 0. The van der Waals surface area contributed by atoms with Crippen LogP contribution in [0.15, 0.2) is 48.9 Å². The Balaban J connectivity index is 2.09. The van der Waals surface area contributed by atoms with E-state index in [4.69, 9.17) is 5.11 Å². The smallest absolute Gasteiger partial charge is 0.409 e. The zero-order valence-corrected chi connectivity index (χ0v) is 11.9. The minimum Gasteiger partial charge on any atom is -0.465 e. The van der Waals surface area contributed by atoms with Gasteiger partial charge in [-0.3, -0.25) is 10.3 Å². The van der Waals surface area contributed by atoms with Crippen molar-refractivity contribution in [1.82, 2.24) is 9.97 Å². The number of aromatic amines is 1. The predicted octanol–water partition coefficient (Wildman–Crippen LogP) is 3.72. The van der Waals surface area contributed by atoms with E-state index in [0.29, 0.717) is 16.8 Å². The van der Waals surface area contributed by atoms with Gasteiger partial charge in [-0.15, -0.1) is 0 Å². The molecule has 2 heterocycles. The van der Waals surface area contributed by atoms with Crippen molar-refractivity contribution in [1.29, 1.82) is 5.26 Å². The van der Waals surface area contributed by atoms with E-state index in [1.165, 1.54) is 0 Å². The quantitative estimate of drug-likeness (QED) is 0.642. The lowest BCUT2D eigenvalue weighted by atomic mass is 10.0. The van der Waals surface area contributed by atoms with Crippen LogP contribution in [0.2, 0.25) is 0 Å². The topological polar surface area (TPSA) is 102 Å². The van der Waals surface area contributed by atoms with E-state index in [9.17, 15) is 10.1 Å². The zero-order valence-electron chi connectivity index (χ0n) is 11.9. The molecule has 0 aliphatic heterocycles. The fourth-order valence-electron chi connectivity index (χ4n) is 2.34. The molecule has 2 aromatic heterocycles. The van der Waals surface area contributed by atoms with Crippen LogP contribution in [-0.2, 0) is 0 Å². The van der Waals surface area contributed by atoms with Gasteiger partial charge in [0.05, 0.1) is 11.6 Å². The molecule has 0 atom stereocenters. The van der Waals surface area contributed by atoms with Crippen LogP contribution in [-0.4, -0.2) is 21.2 Å². The van der Waals surface area contributed by atoms with Gasteiger partial charge in [-0.2, -0.15) is 5.26 Å². The molecule has 23 heavy (non-hydrogen) atoms. The van der Waals surface area contributed by atoms with Crippen molar-refractivity contribution < 1.29 is 9.90 Å². The maximum absolute atomic E-state index is 10.8. The molecule has 0 aliphatic rings. The van der Waals surface area contributed by atoms with Crippen molar-refractivity contribution >= 4 is 34.3 Å². The molecule has 0 saturated carbocycles. The number of carbonyl (C=O) groups is 1. The Hall–Kier alpha value is -3.59. The van der Waals surface area contributed by atoms with Crippen LogP contribution in [0.5, 0.6) is 0 Å². The largest absolute Gasteiger partial charge is 0.465 e. The second-order valence-electron chi connectivity index (χ2n) is 4.85. The maximum Gasteiger partial charge on any atom is 0.409 e. The summed E-state index contributed by atoms with van der Waals surface area (Å²) in [7, 11) is 0. The van der Waals surface area contributed by atoms with Gasteiger partial charge in [-0.25, -0.2) is 4.79 Å². The van der Waals surface area contributed by atoms with Crippen molar-refractivity contribution in [3.05, 3.63) is 60.0 Å². The third-order valence-electron chi connectivity index (χ3n) is 3.34. The molecule has 3 N–H and O–H groups in total. The Morgan fingerprint density at radius 3 is 2.96 bits per heavy atom. The lowest BCUT2D eigenvalue weighted by Crippen LogP contribution is -2.06. The van der Waals surface area contributed by atoms with Gasteiger partial charge in [-0.1, -0.05) is 6.07 Å². The highest BCUT2D eigenvalue weighted by Crippen LogP contribution is 2.28. The Labute approximate surface area is 131 Å². The first-order chi connectivity index (χ1) is 11.2. The summed E-state index contributed by atoms with van der Waals surface area (Å²) >= 11 is 0. The number of hydrogen-bond acceptors (Lipinski definition) is 3. The van der Waals surface area contributed by atoms with Gasteiger partial charge in [0, 0.05) is 40.7 Å². The summed E-state index contributed by atoms with van der Waals surface area (Å²) in [6, 6.07) is 11.0. The number of amides is 1. The van der Waals surface area contributed by atoms with Gasteiger partial charge in [0.15, 0.2) is 0 Å². The normalized spacial score (nSPS) is 11.2. The second-order valence-corrected chi connectivity index (χ2v) is 4.85. The molecule has 1 amide bonds. The van der Waals surface area contributed by atoms with Crippen LogP contribution in [0.4, 0.5) is 10.5 Å². The molecule has 3 aromatic rings. The Morgan fingerprint density at radius 2 is 2.26 bits per heavy atom. The number of carboxylic acid groups (broad SMARTS) is 1. The van der Waals surface area contributed by atoms with Gasteiger partial charge < -0.3 is 10.1 Å². The van der Waals surface area contributed by atoms with E-state index in [-0.39, 0.29) is 0 Å². The SMILES string of the molecule is N#C/C(=C\c1cccnc1)c1c[nH]c2ccc(NC(=O)O)cc12. The molecule has 0 bridgehead atoms. The molecule has 0 spiro atoms. The summed E-state index contributed by atoms with van der Waals surface area (Å²) in [5, 5.41) is 21.4. The Kier molecular flexibility index (Phi) is 3.77. The van der Waals surface area contributed by atoms with Crippen molar-refractivity contribution in [2.45, 2.75) is 0 Å². The van der Waals surface area contributed by atoms with E-state index in [0.717, 1.165) is 16.5 Å². The molecule has 0 saturated heterocycles. The molecular formula is C17H12N4O2. The van der Waals surface area contributed by atoms with Gasteiger partial charge in [-0.05, 0) is 35.9 Å². The van der Waals surface area contributed by atoms with E-state index < -0.39 is 6.09 Å². The Morgan fingerprint density at radius 1 is 1.39 bits per heavy atom. The van der Waals surface area contributed by atoms with Crippen LogP contribution in [0.1, 0.15) is 11.1 Å². The third kappa shape index (κ3) is 3.04. The molecule has 6 nitrogen and oxygen atoms in total. The summed E-state index contributed by atoms with van der Waals surface area (Å²) in [6.45, 7) is 0. The van der Waals surface area contributed by atoms with E-state index in [1.807, 2.05) is 6.07 Å². The number of nitriles is 1. The van der Waals surface area contributed by atoms with Gasteiger partial charge in [0.25, 0.3) is 0 Å². The lowest BCUT2D eigenvalue weighted by Gasteiger charge is -2.02. The molecule has 1 aromatic carbocycles. The molecule has 0 unspecified atom stereocenters. The van der Waals surface area contributed by atoms with Crippen LogP contribution in [0.25, 0.3) is 22.6 Å². The summed E-state index contributed by atoms with van der Waals surface area (Å²) in [5.74, 6) is 0. The van der Waals surface area contributed by atoms with Crippen LogP contribution < -0.4 is 5.32 Å². The lowest BCUT2D eigenvalue weighted by molar-refractivity contribution is 0.210. The predicted molar refractivity (Wildman–Crippen MR) is 87.7 cm³/mol. The van der Waals surface area contributed by atoms with Gasteiger partial charge >= 0.3 is 6.09 Å². The van der Waals surface area contributed by atoms with Gasteiger partial charge in [0.2, 0.25) is 0 Å². The molecule has 112 valence electrons. The zero-order chi connectivity index (χ0) is 16.2. The fraction of sp³-hybridized carbons (Fsp3) is 0. The first kappa shape index (κ1) is 14.4.